The van der Waals surface area contributed by atoms with Gasteiger partial charge in [0.25, 0.3) is 0 Å². The number of benzene rings is 4. The highest BCUT2D eigenvalue weighted by Crippen LogP contribution is 2.35. The van der Waals surface area contributed by atoms with Crippen molar-refractivity contribution < 1.29 is 4.57 Å². The highest BCUT2D eigenvalue weighted by atomic mass is 31.0. The van der Waals surface area contributed by atoms with Crippen LogP contribution in [0.15, 0.2) is 78.9 Å². The van der Waals surface area contributed by atoms with Gasteiger partial charge in [0, 0.05) is 16.2 Å². The van der Waals surface area contributed by atoms with Crippen LogP contribution in [0.5, 0.6) is 0 Å². The van der Waals surface area contributed by atoms with Gasteiger partial charge in [-0.15, -0.1) is 0 Å². The van der Waals surface area contributed by atoms with Crippen molar-refractivity contribution >= 4 is 52.5 Å². The molecule has 114 valence electrons. The molecule has 2 nitrogen and oxygen atoms in total. The van der Waals surface area contributed by atoms with Crippen molar-refractivity contribution in [2.75, 3.05) is 0 Å². The maximum Gasteiger partial charge on any atom is 0.138 e. The average Bonchev–Trinajstić information content (AvgIpc) is 2.68. The molecule has 4 aromatic carbocycles. The SMILES string of the molecule is O=P.c1ccc2nc3c4ccccc4c4ccccc4c3cc2c1. The molecule has 0 fully saturated rings. The third-order valence-electron chi connectivity index (χ3n) is 4.41. The molecule has 24 heavy (non-hydrogen) atoms. The monoisotopic (exact) mass is 327 g/mol. The summed E-state index contributed by atoms with van der Waals surface area (Å²) in [7, 11) is 1.72. The summed E-state index contributed by atoms with van der Waals surface area (Å²) < 4.78 is 8.06. The molecule has 5 rings (SSSR count). The predicted octanol–water partition coefficient (Wildman–Crippen LogP) is 6.17. The van der Waals surface area contributed by atoms with E-state index in [1.54, 1.807) is 9.12 Å². The Labute approximate surface area is 141 Å². The summed E-state index contributed by atoms with van der Waals surface area (Å²) in [6.07, 6.45) is 0. The fourth-order valence-corrected chi connectivity index (χ4v) is 3.40. The van der Waals surface area contributed by atoms with Crippen LogP contribution in [-0.2, 0) is 4.57 Å². The van der Waals surface area contributed by atoms with Crippen LogP contribution < -0.4 is 0 Å². The molecular weight excluding hydrogens is 313 g/mol. The molecule has 0 radical (unpaired) electrons. The third kappa shape index (κ3) is 2.16. The molecule has 0 saturated carbocycles. The van der Waals surface area contributed by atoms with Crippen molar-refractivity contribution in [2.24, 2.45) is 0 Å². The van der Waals surface area contributed by atoms with Crippen molar-refractivity contribution in [3.05, 3.63) is 78.9 Å². The molecule has 0 aliphatic heterocycles. The first-order valence-electron chi connectivity index (χ1n) is 7.71. The van der Waals surface area contributed by atoms with Gasteiger partial charge in [0.15, 0.2) is 0 Å². The molecule has 0 saturated heterocycles. The number of pyridine rings is 1. The smallest absolute Gasteiger partial charge is 0.138 e. The molecule has 3 heteroatoms. The van der Waals surface area contributed by atoms with E-state index in [2.05, 4.69) is 72.8 Å². The van der Waals surface area contributed by atoms with E-state index in [0.29, 0.717) is 0 Å². The van der Waals surface area contributed by atoms with Crippen LogP contribution in [0.1, 0.15) is 0 Å². The summed E-state index contributed by atoms with van der Waals surface area (Å²) in [6, 6.07) is 27.8. The van der Waals surface area contributed by atoms with Crippen LogP contribution in [0.4, 0.5) is 0 Å². The predicted molar refractivity (Wildman–Crippen MR) is 103 cm³/mol. The van der Waals surface area contributed by atoms with Crippen molar-refractivity contribution in [3.8, 4) is 0 Å². The van der Waals surface area contributed by atoms with Crippen LogP contribution in [0.3, 0.4) is 0 Å². The van der Waals surface area contributed by atoms with Gasteiger partial charge in [-0.1, -0.05) is 66.7 Å². The van der Waals surface area contributed by atoms with Crippen LogP contribution in [0, 0.1) is 0 Å². The van der Waals surface area contributed by atoms with Gasteiger partial charge in [-0.05, 0) is 28.3 Å². The van der Waals surface area contributed by atoms with Crippen LogP contribution in [-0.4, -0.2) is 4.98 Å². The number of hydrogen-bond donors (Lipinski definition) is 0. The number of para-hydroxylation sites is 1. The number of nitrogens with zero attached hydrogens (tertiary/aromatic N) is 1. The number of hydrogen-bond acceptors (Lipinski definition) is 2. The lowest BCUT2D eigenvalue weighted by Crippen LogP contribution is -1.87. The van der Waals surface area contributed by atoms with Gasteiger partial charge in [0.1, 0.15) is 9.12 Å². The normalized spacial score (nSPS) is 10.8. The van der Waals surface area contributed by atoms with E-state index in [-0.39, 0.29) is 0 Å². The summed E-state index contributed by atoms with van der Waals surface area (Å²) in [5.74, 6) is 0. The zero-order chi connectivity index (χ0) is 16.5. The van der Waals surface area contributed by atoms with E-state index in [4.69, 9.17) is 9.55 Å². The molecule has 0 atom stereocenters. The van der Waals surface area contributed by atoms with Gasteiger partial charge in [0.05, 0.1) is 11.0 Å². The topological polar surface area (TPSA) is 30.0 Å². The molecule has 1 heterocycles. The lowest BCUT2D eigenvalue weighted by Gasteiger charge is -2.10. The van der Waals surface area contributed by atoms with E-state index in [1.807, 2.05) is 6.07 Å². The second-order valence-corrected chi connectivity index (χ2v) is 5.67. The molecule has 5 aromatic rings. The summed E-state index contributed by atoms with van der Waals surface area (Å²) in [4.78, 5) is 4.96. The van der Waals surface area contributed by atoms with Crippen LogP contribution in [0.2, 0.25) is 0 Å². The number of aromatic nitrogens is 1. The standard InChI is InChI=1S/C21H13N.HOP/c1-6-12-20-14(7-1)13-19-17-10-3-2-8-15(17)16-9-4-5-11-18(16)21(19)22-20;1-2/h1-13H;2H. The van der Waals surface area contributed by atoms with Gasteiger partial charge >= 0.3 is 0 Å². The molecule has 0 unspecified atom stereocenters. The molecule has 0 aliphatic rings. The van der Waals surface area contributed by atoms with Gasteiger partial charge in [-0.3, -0.25) is 4.57 Å². The zero-order valence-electron chi connectivity index (χ0n) is 12.9. The Morgan fingerprint density at radius 2 is 1.08 bits per heavy atom. The average molecular weight is 327 g/mol. The van der Waals surface area contributed by atoms with Crippen molar-refractivity contribution in [1.29, 1.82) is 0 Å². The van der Waals surface area contributed by atoms with Crippen molar-refractivity contribution in [3.63, 3.8) is 0 Å². The maximum absolute atomic E-state index is 8.06. The largest absolute Gasteiger partial charge is 0.279 e. The number of rotatable bonds is 0. The Balaban J connectivity index is 0.000000704. The lowest BCUT2D eigenvalue weighted by atomic mass is 9.96. The Morgan fingerprint density at radius 1 is 0.583 bits per heavy atom. The molecule has 0 spiro atoms. The van der Waals surface area contributed by atoms with E-state index >= 15 is 0 Å². The fourth-order valence-electron chi connectivity index (χ4n) is 3.40. The molecule has 0 aliphatic carbocycles. The first kappa shape index (κ1) is 14.7. The molecule has 1 aromatic heterocycles. The molecular formula is C21H14NOP. The first-order valence-corrected chi connectivity index (χ1v) is 8.12. The molecule has 0 N–H and O–H groups in total. The van der Waals surface area contributed by atoms with Gasteiger partial charge in [-0.25, -0.2) is 4.98 Å². The molecule has 0 bridgehead atoms. The van der Waals surface area contributed by atoms with E-state index in [0.717, 1.165) is 11.0 Å². The third-order valence-corrected chi connectivity index (χ3v) is 4.41. The summed E-state index contributed by atoms with van der Waals surface area (Å²) in [5, 5.41) is 7.48. The summed E-state index contributed by atoms with van der Waals surface area (Å²) in [5.41, 5.74) is 2.14. The maximum atomic E-state index is 8.06. The Hall–Kier alpha value is -2.83. The Bertz CT molecular complexity index is 1110. The summed E-state index contributed by atoms with van der Waals surface area (Å²) in [6.45, 7) is 0. The van der Waals surface area contributed by atoms with Gasteiger partial charge in [0.2, 0.25) is 0 Å². The second-order valence-electron chi connectivity index (χ2n) is 5.67. The fraction of sp³-hybridized carbons (Fsp3) is 0. The quantitative estimate of drug-likeness (QED) is 0.193. The van der Waals surface area contributed by atoms with E-state index < -0.39 is 0 Å². The lowest BCUT2D eigenvalue weighted by molar-refractivity contribution is 0.607. The van der Waals surface area contributed by atoms with Gasteiger partial charge in [-0.2, -0.15) is 0 Å². The highest BCUT2D eigenvalue weighted by Gasteiger charge is 2.09. The highest BCUT2D eigenvalue weighted by molar-refractivity contribution is 7.00. The van der Waals surface area contributed by atoms with Crippen LogP contribution >= 0.6 is 9.12 Å². The van der Waals surface area contributed by atoms with Crippen LogP contribution in [0.25, 0.3) is 43.4 Å². The second kappa shape index (κ2) is 5.99. The van der Waals surface area contributed by atoms with E-state index in [1.165, 1.54) is 32.3 Å². The first-order chi connectivity index (χ1) is 11.9. The number of fused-ring (bicyclic) bond motifs is 7. The Kier molecular flexibility index (Phi) is 3.68. The summed E-state index contributed by atoms with van der Waals surface area (Å²) >= 11 is 0. The minimum absolute atomic E-state index is 1.05. The molecule has 0 amide bonds. The van der Waals surface area contributed by atoms with E-state index in [9.17, 15) is 0 Å². The van der Waals surface area contributed by atoms with Crippen molar-refractivity contribution in [1.82, 2.24) is 4.98 Å². The zero-order valence-corrected chi connectivity index (χ0v) is 13.9. The van der Waals surface area contributed by atoms with Crippen molar-refractivity contribution in [2.45, 2.75) is 0 Å². The minimum Gasteiger partial charge on any atom is -0.279 e. The Morgan fingerprint density at radius 3 is 1.79 bits per heavy atom. The van der Waals surface area contributed by atoms with Gasteiger partial charge < -0.3 is 0 Å². The minimum atomic E-state index is 1.05.